The van der Waals surface area contributed by atoms with Crippen LogP contribution in [0.5, 0.6) is 0 Å². The maximum absolute atomic E-state index is 13.0. The SMILES string of the molecule is COCCNC(=O)COC(=O)C1(c2cccc(C(F)(F)F)c2)CCCC1. The lowest BCUT2D eigenvalue weighted by Crippen LogP contribution is -2.38. The minimum atomic E-state index is -4.49. The Hall–Kier alpha value is -2.09. The summed E-state index contributed by atoms with van der Waals surface area (Å²) < 4.78 is 48.9. The minimum absolute atomic E-state index is 0.283. The molecule has 0 aromatic heterocycles. The number of methoxy groups -OCH3 is 1. The number of benzene rings is 1. The van der Waals surface area contributed by atoms with E-state index in [0.717, 1.165) is 12.1 Å². The standard InChI is InChI=1S/C18H22F3NO4/c1-25-10-9-22-15(23)12-26-16(24)17(7-2-3-8-17)13-5-4-6-14(11-13)18(19,20)21/h4-6,11H,2-3,7-10,12H2,1H3,(H,22,23). The van der Waals surface area contributed by atoms with Crippen molar-refractivity contribution >= 4 is 11.9 Å². The Morgan fingerprint density at radius 1 is 1.23 bits per heavy atom. The molecule has 144 valence electrons. The van der Waals surface area contributed by atoms with Gasteiger partial charge in [0.1, 0.15) is 0 Å². The molecule has 1 fully saturated rings. The van der Waals surface area contributed by atoms with Crippen LogP contribution in [0.15, 0.2) is 24.3 Å². The monoisotopic (exact) mass is 373 g/mol. The van der Waals surface area contributed by atoms with E-state index in [1.165, 1.54) is 19.2 Å². The summed E-state index contributed by atoms with van der Waals surface area (Å²) in [5, 5.41) is 2.52. The topological polar surface area (TPSA) is 64.6 Å². The second-order valence-electron chi connectivity index (χ2n) is 6.29. The molecule has 0 atom stereocenters. The van der Waals surface area contributed by atoms with Gasteiger partial charge < -0.3 is 14.8 Å². The number of halogens is 3. The molecule has 1 aliphatic carbocycles. The number of hydrogen-bond donors (Lipinski definition) is 1. The van der Waals surface area contributed by atoms with Crippen LogP contribution < -0.4 is 5.32 Å². The normalized spacial score (nSPS) is 16.3. The van der Waals surface area contributed by atoms with Crippen molar-refractivity contribution in [3.05, 3.63) is 35.4 Å². The highest BCUT2D eigenvalue weighted by molar-refractivity contribution is 5.86. The van der Waals surface area contributed by atoms with Gasteiger partial charge in [-0.1, -0.05) is 31.0 Å². The van der Waals surface area contributed by atoms with E-state index in [2.05, 4.69) is 5.32 Å². The smallest absolute Gasteiger partial charge is 0.416 e. The van der Waals surface area contributed by atoms with Crippen molar-refractivity contribution in [3.63, 3.8) is 0 Å². The number of alkyl halides is 3. The molecule has 0 bridgehead atoms. The molecule has 0 saturated heterocycles. The van der Waals surface area contributed by atoms with Gasteiger partial charge in [-0.3, -0.25) is 9.59 Å². The van der Waals surface area contributed by atoms with E-state index in [9.17, 15) is 22.8 Å². The largest absolute Gasteiger partial charge is 0.455 e. The minimum Gasteiger partial charge on any atom is -0.455 e. The number of carbonyl (C=O) groups excluding carboxylic acids is 2. The molecular weight excluding hydrogens is 351 g/mol. The lowest BCUT2D eigenvalue weighted by atomic mass is 9.78. The molecule has 5 nitrogen and oxygen atoms in total. The molecule has 0 aliphatic heterocycles. The molecule has 26 heavy (non-hydrogen) atoms. The number of ether oxygens (including phenoxy) is 2. The first kappa shape index (κ1) is 20.2. The summed E-state index contributed by atoms with van der Waals surface area (Å²) in [6.07, 6.45) is -2.26. The van der Waals surface area contributed by atoms with Gasteiger partial charge >= 0.3 is 12.1 Å². The quantitative estimate of drug-likeness (QED) is 0.590. The van der Waals surface area contributed by atoms with Crippen molar-refractivity contribution in [2.24, 2.45) is 0 Å². The van der Waals surface area contributed by atoms with E-state index in [4.69, 9.17) is 9.47 Å². The summed E-state index contributed by atoms with van der Waals surface area (Å²) in [7, 11) is 1.49. The fraction of sp³-hybridized carbons (Fsp3) is 0.556. The average Bonchev–Trinajstić information content (AvgIpc) is 3.10. The number of rotatable bonds is 7. The molecule has 0 radical (unpaired) electrons. The maximum Gasteiger partial charge on any atom is 0.416 e. The Morgan fingerprint density at radius 3 is 2.54 bits per heavy atom. The van der Waals surface area contributed by atoms with E-state index >= 15 is 0 Å². The summed E-state index contributed by atoms with van der Waals surface area (Å²) in [6.45, 7) is 0.142. The molecule has 0 spiro atoms. The van der Waals surface area contributed by atoms with Crippen LogP contribution in [0.3, 0.4) is 0 Å². The summed E-state index contributed by atoms with van der Waals surface area (Å²) in [6, 6.07) is 4.79. The van der Waals surface area contributed by atoms with E-state index < -0.39 is 35.6 Å². The van der Waals surface area contributed by atoms with Crippen LogP contribution in [0.1, 0.15) is 36.8 Å². The molecular formula is C18H22F3NO4. The summed E-state index contributed by atoms with van der Waals surface area (Å²) >= 11 is 0. The van der Waals surface area contributed by atoms with Crippen molar-refractivity contribution < 1.29 is 32.2 Å². The van der Waals surface area contributed by atoms with Crippen LogP contribution in [0.4, 0.5) is 13.2 Å². The average molecular weight is 373 g/mol. The van der Waals surface area contributed by atoms with Gasteiger partial charge in [-0.2, -0.15) is 13.2 Å². The van der Waals surface area contributed by atoms with Crippen LogP contribution >= 0.6 is 0 Å². The van der Waals surface area contributed by atoms with E-state index in [1.807, 2.05) is 0 Å². The third kappa shape index (κ3) is 4.75. The van der Waals surface area contributed by atoms with Crippen LogP contribution in [-0.4, -0.2) is 38.7 Å². The van der Waals surface area contributed by atoms with Gasteiger partial charge in [-0.25, -0.2) is 0 Å². The second-order valence-corrected chi connectivity index (χ2v) is 6.29. The van der Waals surface area contributed by atoms with E-state index in [0.29, 0.717) is 32.3 Å². The number of hydrogen-bond acceptors (Lipinski definition) is 4. The Labute approximate surface area is 149 Å². The number of amides is 1. The molecule has 0 unspecified atom stereocenters. The number of carbonyl (C=O) groups is 2. The Morgan fingerprint density at radius 2 is 1.92 bits per heavy atom. The summed E-state index contributed by atoms with van der Waals surface area (Å²) in [5.74, 6) is -1.14. The van der Waals surface area contributed by atoms with Gasteiger partial charge in [0.2, 0.25) is 0 Å². The first-order valence-corrected chi connectivity index (χ1v) is 8.40. The highest BCUT2D eigenvalue weighted by Gasteiger charge is 2.45. The Bertz CT molecular complexity index is 640. The lowest BCUT2D eigenvalue weighted by molar-refractivity contribution is -0.154. The van der Waals surface area contributed by atoms with Crippen LogP contribution in [-0.2, 0) is 30.7 Å². The van der Waals surface area contributed by atoms with Crippen LogP contribution in [0.25, 0.3) is 0 Å². The zero-order chi connectivity index (χ0) is 19.2. The fourth-order valence-electron chi connectivity index (χ4n) is 3.20. The molecule has 1 N–H and O–H groups in total. The zero-order valence-electron chi connectivity index (χ0n) is 14.5. The van der Waals surface area contributed by atoms with E-state index in [-0.39, 0.29) is 12.1 Å². The van der Waals surface area contributed by atoms with Gasteiger partial charge in [0.15, 0.2) is 6.61 Å². The van der Waals surface area contributed by atoms with Gasteiger partial charge in [0, 0.05) is 13.7 Å². The summed E-state index contributed by atoms with van der Waals surface area (Å²) in [5.41, 5.74) is -1.64. The fourth-order valence-corrected chi connectivity index (χ4v) is 3.20. The Balaban J connectivity index is 2.12. The maximum atomic E-state index is 13.0. The third-order valence-corrected chi connectivity index (χ3v) is 4.55. The van der Waals surface area contributed by atoms with E-state index in [1.54, 1.807) is 0 Å². The van der Waals surface area contributed by atoms with Crippen molar-refractivity contribution in [1.29, 1.82) is 0 Å². The highest BCUT2D eigenvalue weighted by atomic mass is 19.4. The van der Waals surface area contributed by atoms with Crippen LogP contribution in [0, 0.1) is 0 Å². The number of nitrogens with one attached hydrogen (secondary N) is 1. The predicted octanol–water partition coefficient (Wildman–Crippen LogP) is 2.82. The molecule has 1 aromatic rings. The molecule has 1 aliphatic rings. The molecule has 1 aromatic carbocycles. The number of esters is 1. The first-order chi connectivity index (χ1) is 12.3. The van der Waals surface area contributed by atoms with Crippen LogP contribution in [0.2, 0.25) is 0 Å². The van der Waals surface area contributed by atoms with Crippen molar-refractivity contribution in [1.82, 2.24) is 5.32 Å². The zero-order valence-corrected chi connectivity index (χ0v) is 14.5. The molecule has 2 rings (SSSR count). The lowest BCUT2D eigenvalue weighted by Gasteiger charge is -2.27. The van der Waals surface area contributed by atoms with Gasteiger partial charge in [-0.15, -0.1) is 0 Å². The molecule has 1 saturated carbocycles. The second kappa shape index (κ2) is 8.53. The van der Waals surface area contributed by atoms with Gasteiger partial charge in [0.05, 0.1) is 17.6 Å². The summed E-state index contributed by atoms with van der Waals surface area (Å²) in [4.78, 5) is 24.3. The third-order valence-electron chi connectivity index (χ3n) is 4.55. The van der Waals surface area contributed by atoms with Gasteiger partial charge in [-0.05, 0) is 24.5 Å². The molecule has 0 heterocycles. The molecule has 1 amide bonds. The van der Waals surface area contributed by atoms with Gasteiger partial charge in [0.25, 0.3) is 5.91 Å². The van der Waals surface area contributed by atoms with Crippen molar-refractivity contribution in [2.45, 2.75) is 37.3 Å². The van der Waals surface area contributed by atoms with Crippen molar-refractivity contribution in [2.75, 3.05) is 26.9 Å². The molecule has 8 heteroatoms. The predicted molar refractivity (Wildman–Crippen MR) is 87.4 cm³/mol. The first-order valence-electron chi connectivity index (χ1n) is 8.40. The highest BCUT2D eigenvalue weighted by Crippen LogP contribution is 2.43. The van der Waals surface area contributed by atoms with Crippen molar-refractivity contribution in [3.8, 4) is 0 Å². The Kier molecular flexibility index (Phi) is 6.63.